The molecule has 2 aliphatic rings. The van der Waals surface area contributed by atoms with Crippen LogP contribution in [0.4, 0.5) is 17.1 Å². The molecule has 0 N–H and O–H groups in total. The highest BCUT2D eigenvalue weighted by molar-refractivity contribution is 5.99. The topological polar surface area (TPSA) is 51.9 Å². The van der Waals surface area contributed by atoms with Crippen molar-refractivity contribution in [2.75, 3.05) is 4.90 Å². The Morgan fingerprint density at radius 2 is 1.10 bits per heavy atom. The largest absolute Gasteiger partial charge is 0.456 e. The summed E-state index contributed by atoms with van der Waals surface area (Å²) in [5.74, 6) is 3.06. The maximum absolute atomic E-state index is 13.5. The summed E-state index contributed by atoms with van der Waals surface area (Å²) in [6.07, 6.45) is 0. The summed E-state index contributed by atoms with van der Waals surface area (Å²) in [6, 6.07) is 41.6. The van der Waals surface area contributed by atoms with Gasteiger partial charge in [-0.2, -0.15) is 0 Å². The fourth-order valence-electron chi connectivity index (χ4n) is 6.12. The molecule has 0 radical (unpaired) electrons. The van der Waals surface area contributed by atoms with Gasteiger partial charge in [0.1, 0.15) is 16.9 Å². The second-order valence-corrected chi connectivity index (χ2v) is 10.5. The number of fused-ring (bicyclic) bond motifs is 6. The van der Waals surface area contributed by atoms with Crippen molar-refractivity contribution in [3.05, 3.63) is 138 Å². The van der Waals surface area contributed by atoms with Crippen LogP contribution in [-0.4, -0.2) is 0 Å². The average Bonchev–Trinajstić information content (AvgIpc) is 3.04. The first kappa shape index (κ1) is 22.9. The fraction of sp³-hybridized carbons (Fsp3) is 0. The lowest BCUT2D eigenvalue weighted by Gasteiger charge is -2.38. The number of anilines is 3. The minimum atomic E-state index is -0.0280. The van der Waals surface area contributed by atoms with E-state index in [4.69, 9.17) is 13.9 Å². The highest BCUT2D eigenvalue weighted by Crippen LogP contribution is 2.60. The van der Waals surface area contributed by atoms with Crippen LogP contribution in [0.5, 0.6) is 23.0 Å². The van der Waals surface area contributed by atoms with Crippen LogP contribution in [0.15, 0.2) is 137 Å². The van der Waals surface area contributed by atoms with E-state index in [1.54, 1.807) is 0 Å². The molecule has 2 aliphatic heterocycles. The molecule has 0 saturated carbocycles. The molecule has 0 unspecified atom stereocenters. The molecule has 9 rings (SSSR count). The molecule has 5 nitrogen and oxygen atoms in total. The third kappa shape index (κ3) is 3.28. The second-order valence-electron chi connectivity index (χ2n) is 10.5. The first-order chi connectivity index (χ1) is 20.7. The summed E-state index contributed by atoms with van der Waals surface area (Å²) in [7, 11) is 0. The van der Waals surface area contributed by atoms with E-state index in [1.165, 1.54) is 0 Å². The van der Waals surface area contributed by atoms with Crippen LogP contribution >= 0.6 is 0 Å². The molecule has 42 heavy (non-hydrogen) atoms. The molecule has 6 aromatic carbocycles. The van der Waals surface area contributed by atoms with Gasteiger partial charge < -0.3 is 13.9 Å². The molecule has 0 fully saturated rings. The van der Waals surface area contributed by atoms with E-state index >= 15 is 0 Å². The average molecular weight is 544 g/mol. The third-order valence-corrected chi connectivity index (χ3v) is 8.05. The van der Waals surface area contributed by atoms with E-state index in [9.17, 15) is 4.79 Å². The number of nitrogens with zero attached hydrogens (tertiary/aromatic N) is 1. The van der Waals surface area contributed by atoms with E-state index in [2.05, 4.69) is 41.3 Å². The zero-order chi connectivity index (χ0) is 27.8. The molecule has 0 spiro atoms. The zero-order valence-corrected chi connectivity index (χ0v) is 22.2. The van der Waals surface area contributed by atoms with Crippen molar-refractivity contribution in [3.63, 3.8) is 0 Å². The summed E-state index contributed by atoms with van der Waals surface area (Å²) in [5, 5.41) is 1.16. The van der Waals surface area contributed by atoms with Crippen molar-refractivity contribution in [1.82, 2.24) is 0 Å². The summed E-state index contributed by atoms with van der Waals surface area (Å²) < 4.78 is 18.9. The van der Waals surface area contributed by atoms with Crippen LogP contribution in [0.1, 0.15) is 0 Å². The number of ether oxygens (including phenoxy) is 2. The number of rotatable bonds is 2. The van der Waals surface area contributed by atoms with Crippen molar-refractivity contribution in [2.45, 2.75) is 0 Å². The van der Waals surface area contributed by atoms with Gasteiger partial charge in [0.25, 0.3) is 0 Å². The summed E-state index contributed by atoms with van der Waals surface area (Å²) in [6.45, 7) is 0. The molecule has 0 bridgehead atoms. The summed E-state index contributed by atoms with van der Waals surface area (Å²) in [5.41, 5.74) is 7.74. The van der Waals surface area contributed by atoms with Crippen molar-refractivity contribution in [2.24, 2.45) is 0 Å². The molecule has 3 heterocycles. The molecule has 1 aromatic heterocycles. The van der Waals surface area contributed by atoms with Crippen LogP contribution in [0.25, 0.3) is 44.2 Å². The molecule has 0 saturated heterocycles. The summed E-state index contributed by atoms with van der Waals surface area (Å²) in [4.78, 5) is 15.7. The van der Waals surface area contributed by atoms with E-state index in [0.717, 1.165) is 62.3 Å². The maximum atomic E-state index is 13.5. The third-order valence-electron chi connectivity index (χ3n) is 8.05. The first-order valence-corrected chi connectivity index (χ1v) is 13.8. The Balaban J connectivity index is 1.17. The lowest BCUT2D eigenvalue weighted by atomic mass is 9.96. The van der Waals surface area contributed by atoms with Gasteiger partial charge in [-0.15, -0.1) is 0 Å². The normalized spacial score (nSPS) is 12.7. The molecule has 0 atom stereocenters. The van der Waals surface area contributed by atoms with Crippen molar-refractivity contribution in [1.29, 1.82) is 0 Å². The van der Waals surface area contributed by atoms with Gasteiger partial charge in [-0.05, 0) is 76.9 Å². The van der Waals surface area contributed by atoms with E-state index in [0.29, 0.717) is 21.9 Å². The van der Waals surface area contributed by atoms with E-state index in [-0.39, 0.29) is 5.43 Å². The Morgan fingerprint density at radius 1 is 0.500 bits per heavy atom. The smallest absolute Gasteiger partial charge is 0.201 e. The second kappa shape index (κ2) is 8.59. The quantitative estimate of drug-likeness (QED) is 0.203. The first-order valence-electron chi connectivity index (χ1n) is 13.8. The fourth-order valence-corrected chi connectivity index (χ4v) is 6.12. The Bertz CT molecular complexity index is 2210. The molecule has 5 heteroatoms. The van der Waals surface area contributed by atoms with Gasteiger partial charge in [-0.1, -0.05) is 72.8 Å². The van der Waals surface area contributed by atoms with Crippen LogP contribution < -0.4 is 19.8 Å². The van der Waals surface area contributed by atoms with Crippen LogP contribution in [0, 0.1) is 0 Å². The van der Waals surface area contributed by atoms with Gasteiger partial charge >= 0.3 is 0 Å². The Labute approximate surface area is 240 Å². The minimum Gasteiger partial charge on any atom is -0.456 e. The molecule has 7 aromatic rings. The molecule has 0 amide bonds. The molecular formula is C37H21NO4. The van der Waals surface area contributed by atoms with Gasteiger partial charge in [-0.25, -0.2) is 0 Å². The maximum Gasteiger partial charge on any atom is 0.201 e. The number of para-hydroxylation sites is 5. The van der Waals surface area contributed by atoms with Gasteiger partial charge in [-0.3, -0.25) is 9.69 Å². The molecular weight excluding hydrogens is 522 g/mol. The number of benzene rings is 6. The van der Waals surface area contributed by atoms with Crippen molar-refractivity contribution >= 4 is 39.0 Å². The van der Waals surface area contributed by atoms with Gasteiger partial charge in [0.2, 0.25) is 5.43 Å². The Kier molecular flexibility index (Phi) is 4.70. The standard InChI is InChI=1S/C37H21NO4/c39-37-26-8-1-4-12-29(26)40-32-15-7-9-25(35(32)37)23-18-16-22(17-19-23)24-20-33-36-34(21-24)42-31-14-6-3-11-28(31)38(36)27-10-2-5-13-30(27)41-33/h1-21H. The molecule has 0 aliphatic carbocycles. The van der Waals surface area contributed by atoms with E-state index in [1.807, 2.05) is 91.0 Å². The van der Waals surface area contributed by atoms with Crippen molar-refractivity contribution < 1.29 is 13.9 Å². The number of hydrogen-bond acceptors (Lipinski definition) is 5. The lowest BCUT2D eigenvalue weighted by molar-refractivity contribution is 0.446. The van der Waals surface area contributed by atoms with Crippen molar-refractivity contribution in [3.8, 4) is 45.3 Å². The molecule has 198 valence electrons. The monoisotopic (exact) mass is 543 g/mol. The zero-order valence-electron chi connectivity index (χ0n) is 22.2. The van der Waals surface area contributed by atoms with Gasteiger partial charge in [0.05, 0.1) is 22.1 Å². The lowest BCUT2D eigenvalue weighted by Crippen LogP contribution is -2.20. The van der Waals surface area contributed by atoms with E-state index < -0.39 is 0 Å². The Morgan fingerprint density at radius 3 is 1.81 bits per heavy atom. The minimum absolute atomic E-state index is 0.0280. The predicted octanol–water partition coefficient (Wildman–Crippen LogP) is 9.96. The number of hydrogen-bond donors (Lipinski definition) is 0. The summed E-state index contributed by atoms with van der Waals surface area (Å²) >= 11 is 0. The van der Waals surface area contributed by atoms with Crippen LogP contribution in [0.2, 0.25) is 0 Å². The predicted molar refractivity (Wildman–Crippen MR) is 166 cm³/mol. The SMILES string of the molecule is O=c1c2ccccc2oc2cccc(-c3ccc(-c4cc5c6c(c4)Oc4ccccc4N6c4ccccc4O5)cc3)c12. The van der Waals surface area contributed by atoms with Gasteiger partial charge in [0, 0.05) is 0 Å². The van der Waals surface area contributed by atoms with Crippen LogP contribution in [0.3, 0.4) is 0 Å². The highest BCUT2D eigenvalue weighted by atomic mass is 16.5. The Hall–Kier alpha value is -5.81. The van der Waals surface area contributed by atoms with Crippen LogP contribution in [-0.2, 0) is 0 Å². The highest BCUT2D eigenvalue weighted by Gasteiger charge is 2.34. The van der Waals surface area contributed by atoms with Gasteiger partial charge in [0.15, 0.2) is 23.0 Å².